The molecule has 0 radical (unpaired) electrons. The Bertz CT molecular complexity index is 237. The molecule has 0 saturated carbocycles. The molecule has 0 atom stereocenters. The van der Waals surface area contributed by atoms with Crippen molar-refractivity contribution in [2.75, 3.05) is 45.9 Å². The molecule has 0 spiro atoms. The fourth-order valence-electron chi connectivity index (χ4n) is 3.30. The first-order chi connectivity index (χ1) is 9.47. The lowest BCUT2D eigenvalue weighted by molar-refractivity contribution is -0.00754. The van der Waals surface area contributed by atoms with Crippen molar-refractivity contribution in [2.24, 2.45) is 17.3 Å². The summed E-state index contributed by atoms with van der Waals surface area (Å²) in [7, 11) is 0. The van der Waals surface area contributed by atoms with Gasteiger partial charge in [0.2, 0.25) is 0 Å². The predicted octanol–water partition coefficient (Wildman–Crippen LogP) is 3.01. The Kier molecular flexibility index (Phi) is 8.08. The van der Waals surface area contributed by atoms with Gasteiger partial charge < -0.3 is 15.0 Å². The number of nitrogens with one attached hydrogen (secondary N) is 1. The Morgan fingerprint density at radius 2 is 1.60 bits per heavy atom. The molecule has 1 aliphatic heterocycles. The number of hydrogen-bond acceptors (Lipinski definition) is 3. The van der Waals surface area contributed by atoms with E-state index in [1.165, 1.54) is 32.5 Å². The molecule has 0 aromatic rings. The largest absolute Gasteiger partial charge is 0.381 e. The third-order valence-electron chi connectivity index (χ3n) is 4.11. The monoisotopic (exact) mass is 284 g/mol. The third kappa shape index (κ3) is 6.55. The smallest absolute Gasteiger partial charge is 0.0472 e. The molecule has 1 saturated heterocycles. The Labute approximate surface area is 126 Å². The van der Waals surface area contributed by atoms with E-state index in [1.54, 1.807) is 0 Å². The highest BCUT2D eigenvalue weighted by atomic mass is 16.5. The lowest BCUT2D eigenvalue weighted by atomic mass is 9.79. The van der Waals surface area contributed by atoms with E-state index in [2.05, 4.69) is 44.8 Å². The molecular formula is C17H36N2O. The van der Waals surface area contributed by atoms with E-state index in [-0.39, 0.29) is 0 Å². The van der Waals surface area contributed by atoms with Crippen LogP contribution in [-0.2, 0) is 4.74 Å². The number of rotatable bonds is 9. The molecule has 0 aromatic carbocycles. The van der Waals surface area contributed by atoms with Crippen molar-refractivity contribution < 1.29 is 4.74 Å². The molecule has 1 heterocycles. The first kappa shape index (κ1) is 17.9. The summed E-state index contributed by atoms with van der Waals surface area (Å²) < 4.78 is 5.60. The van der Waals surface area contributed by atoms with Crippen LogP contribution in [0.5, 0.6) is 0 Å². The van der Waals surface area contributed by atoms with Crippen LogP contribution < -0.4 is 5.32 Å². The second-order valence-corrected chi connectivity index (χ2v) is 7.37. The SMILES string of the molecule is CCNCC1(CN(CC(C)C)CC(C)C)CCOCC1. The van der Waals surface area contributed by atoms with Gasteiger partial charge in [-0.05, 0) is 36.6 Å². The standard InChI is InChI=1S/C17H36N2O/c1-6-18-13-17(7-9-20-10-8-17)14-19(11-15(2)3)12-16(4)5/h15-16,18H,6-14H2,1-5H3. The first-order valence-corrected chi connectivity index (χ1v) is 8.48. The molecule has 0 aromatic heterocycles. The van der Waals surface area contributed by atoms with Crippen molar-refractivity contribution in [2.45, 2.75) is 47.5 Å². The van der Waals surface area contributed by atoms with Gasteiger partial charge in [0.1, 0.15) is 0 Å². The maximum atomic E-state index is 5.60. The van der Waals surface area contributed by atoms with E-state index in [0.717, 1.165) is 38.1 Å². The maximum absolute atomic E-state index is 5.60. The van der Waals surface area contributed by atoms with Crippen LogP contribution in [0.3, 0.4) is 0 Å². The van der Waals surface area contributed by atoms with Gasteiger partial charge in [-0.1, -0.05) is 34.6 Å². The van der Waals surface area contributed by atoms with Gasteiger partial charge in [-0.15, -0.1) is 0 Å². The molecule has 0 aliphatic carbocycles. The van der Waals surface area contributed by atoms with Crippen molar-refractivity contribution in [3.05, 3.63) is 0 Å². The van der Waals surface area contributed by atoms with Gasteiger partial charge in [0.25, 0.3) is 0 Å². The lowest BCUT2D eigenvalue weighted by Gasteiger charge is -2.42. The molecule has 0 unspecified atom stereocenters. The molecule has 0 bridgehead atoms. The minimum absolute atomic E-state index is 0.415. The Morgan fingerprint density at radius 1 is 1.05 bits per heavy atom. The maximum Gasteiger partial charge on any atom is 0.0472 e. The summed E-state index contributed by atoms with van der Waals surface area (Å²) in [5, 5.41) is 3.59. The van der Waals surface area contributed by atoms with Crippen molar-refractivity contribution >= 4 is 0 Å². The summed E-state index contributed by atoms with van der Waals surface area (Å²) in [6.45, 7) is 19.2. The van der Waals surface area contributed by atoms with Crippen LogP contribution >= 0.6 is 0 Å². The van der Waals surface area contributed by atoms with E-state index < -0.39 is 0 Å². The second-order valence-electron chi connectivity index (χ2n) is 7.37. The van der Waals surface area contributed by atoms with Crippen LogP contribution in [0.1, 0.15) is 47.5 Å². The third-order valence-corrected chi connectivity index (χ3v) is 4.11. The fourth-order valence-corrected chi connectivity index (χ4v) is 3.30. The quantitative estimate of drug-likeness (QED) is 0.704. The van der Waals surface area contributed by atoms with Gasteiger partial charge >= 0.3 is 0 Å². The molecule has 3 nitrogen and oxygen atoms in total. The highest BCUT2D eigenvalue weighted by Gasteiger charge is 2.34. The first-order valence-electron chi connectivity index (χ1n) is 8.48. The highest BCUT2D eigenvalue weighted by Crippen LogP contribution is 2.31. The predicted molar refractivity (Wildman–Crippen MR) is 87.1 cm³/mol. The molecule has 0 amide bonds. The number of hydrogen-bond donors (Lipinski definition) is 1. The van der Waals surface area contributed by atoms with E-state index >= 15 is 0 Å². The zero-order valence-corrected chi connectivity index (χ0v) is 14.4. The van der Waals surface area contributed by atoms with E-state index in [4.69, 9.17) is 4.74 Å². The van der Waals surface area contributed by atoms with Gasteiger partial charge in [0.15, 0.2) is 0 Å². The molecule has 120 valence electrons. The molecule has 3 heteroatoms. The van der Waals surface area contributed by atoms with Crippen molar-refractivity contribution in [1.82, 2.24) is 10.2 Å². The van der Waals surface area contributed by atoms with Crippen molar-refractivity contribution in [1.29, 1.82) is 0 Å². The minimum Gasteiger partial charge on any atom is -0.381 e. The fraction of sp³-hybridized carbons (Fsp3) is 1.00. The highest BCUT2D eigenvalue weighted by molar-refractivity contribution is 4.87. The molecule has 1 fully saturated rings. The van der Waals surface area contributed by atoms with E-state index in [0.29, 0.717) is 5.41 Å². The van der Waals surface area contributed by atoms with Crippen LogP contribution in [0.25, 0.3) is 0 Å². The molecule has 20 heavy (non-hydrogen) atoms. The van der Waals surface area contributed by atoms with Gasteiger partial charge in [0, 0.05) is 39.4 Å². The summed E-state index contributed by atoms with van der Waals surface area (Å²) in [5.74, 6) is 1.48. The molecular weight excluding hydrogens is 248 g/mol. The van der Waals surface area contributed by atoms with Gasteiger partial charge in [-0.25, -0.2) is 0 Å². The number of ether oxygens (including phenoxy) is 1. The lowest BCUT2D eigenvalue weighted by Crippen LogP contribution is -2.48. The van der Waals surface area contributed by atoms with E-state index in [9.17, 15) is 0 Å². The van der Waals surface area contributed by atoms with Crippen LogP contribution in [0.2, 0.25) is 0 Å². The van der Waals surface area contributed by atoms with Gasteiger partial charge in [-0.2, -0.15) is 0 Å². The molecule has 1 N–H and O–H groups in total. The Hall–Kier alpha value is -0.120. The summed E-state index contributed by atoms with van der Waals surface area (Å²) in [5.41, 5.74) is 0.415. The topological polar surface area (TPSA) is 24.5 Å². The van der Waals surface area contributed by atoms with Crippen molar-refractivity contribution in [3.8, 4) is 0 Å². The Morgan fingerprint density at radius 3 is 2.05 bits per heavy atom. The minimum atomic E-state index is 0.415. The van der Waals surface area contributed by atoms with Crippen LogP contribution in [0.15, 0.2) is 0 Å². The van der Waals surface area contributed by atoms with Crippen LogP contribution in [0.4, 0.5) is 0 Å². The summed E-state index contributed by atoms with van der Waals surface area (Å²) in [6.07, 6.45) is 2.40. The van der Waals surface area contributed by atoms with Crippen molar-refractivity contribution in [3.63, 3.8) is 0 Å². The Balaban J connectivity index is 2.66. The average molecular weight is 284 g/mol. The van der Waals surface area contributed by atoms with Gasteiger partial charge in [0.05, 0.1) is 0 Å². The van der Waals surface area contributed by atoms with Crippen LogP contribution in [-0.4, -0.2) is 50.8 Å². The summed E-state index contributed by atoms with van der Waals surface area (Å²) in [4.78, 5) is 2.69. The zero-order valence-electron chi connectivity index (χ0n) is 14.4. The molecule has 1 aliphatic rings. The summed E-state index contributed by atoms with van der Waals surface area (Å²) >= 11 is 0. The average Bonchev–Trinajstić information content (AvgIpc) is 2.36. The normalized spacial score (nSPS) is 19.2. The van der Waals surface area contributed by atoms with E-state index in [1.807, 2.05) is 0 Å². The zero-order chi connectivity index (χ0) is 15.0. The number of nitrogens with zero attached hydrogens (tertiary/aromatic N) is 1. The van der Waals surface area contributed by atoms with Crippen LogP contribution in [0, 0.1) is 17.3 Å². The molecule has 1 rings (SSSR count). The summed E-state index contributed by atoms with van der Waals surface area (Å²) in [6, 6.07) is 0. The second kappa shape index (κ2) is 9.01. The van der Waals surface area contributed by atoms with Gasteiger partial charge in [-0.3, -0.25) is 0 Å².